The summed E-state index contributed by atoms with van der Waals surface area (Å²) in [4.78, 5) is 23.3. The van der Waals surface area contributed by atoms with Crippen molar-refractivity contribution in [1.29, 1.82) is 0 Å². The number of rotatable bonds is 5. The van der Waals surface area contributed by atoms with Crippen LogP contribution in [0.1, 0.15) is 22.4 Å². The zero-order valence-electron chi connectivity index (χ0n) is 16.4. The summed E-state index contributed by atoms with van der Waals surface area (Å²) >= 11 is 0. The van der Waals surface area contributed by atoms with E-state index in [1.54, 1.807) is 24.4 Å². The van der Waals surface area contributed by atoms with Crippen LogP contribution in [0, 0.1) is 0 Å². The van der Waals surface area contributed by atoms with Gasteiger partial charge < -0.3 is 15.3 Å². The van der Waals surface area contributed by atoms with Crippen molar-refractivity contribution in [2.75, 3.05) is 0 Å². The number of benzene rings is 2. The van der Waals surface area contributed by atoms with Crippen LogP contribution in [0.15, 0.2) is 70.6 Å². The van der Waals surface area contributed by atoms with Crippen LogP contribution in [0.5, 0.6) is 17.4 Å². The van der Waals surface area contributed by atoms with Crippen LogP contribution in [0.4, 0.5) is 0 Å². The van der Waals surface area contributed by atoms with Crippen LogP contribution >= 0.6 is 0 Å². The van der Waals surface area contributed by atoms with Gasteiger partial charge in [-0.1, -0.05) is 24.3 Å². The predicted octanol–water partition coefficient (Wildman–Crippen LogP) is 3.83. The Labute approximate surface area is 177 Å². The molecule has 0 aliphatic heterocycles. The van der Waals surface area contributed by atoms with Crippen LogP contribution in [-0.4, -0.2) is 31.5 Å². The van der Waals surface area contributed by atoms with Crippen LogP contribution in [0.2, 0.25) is 0 Å². The van der Waals surface area contributed by atoms with Crippen molar-refractivity contribution < 1.29 is 15.3 Å². The molecular weight excluding hydrogens is 394 g/mol. The maximum atomic E-state index is 12.3. The number of aromatic hydroxyl groups is 3. The minimum Gasteiger partial charge on any atom is -0.504 e. The second kappa shape index (κ2) is 8.54. The van der Waals surface area contributed by atoms with E-state index in [4.69, 9.17) is 0 Å². The Morgan fingerprint density at radius 3 is 2.58 bits per heavy atom. The molecule has 2 aromatic heterocycles. The largest absolute Gasteiger partial charge is 0.504 e. The summed E-state index contributed by atoms with van der Waals surface area (Å²) in [5.74, 6) is -0.710. The fraction of sp³-hybridized carbons (Fsp3) is 0.0417. The lowest BCUT2D eigenvalue weighted by Gasteiger charge is -2.06. The number of fused-ring (bicyclic) bond motifs is 1. The Morgan fingerprint density at radius 2 is 1.81 bits per heavy atom. The first-order valence-corrected chi connectivity index (χ1v) is 9.50. The summed E-state index contributed by atoms with van der Waals surface area (Å²) in [7, 11) is 0. The lowest BCUT2D eigenvalue weighted by molar-refractivity contribution is 0.403. The molecular formula is C24H19N3O4. The molecule has 0 fully saturated rings. The van der Waals surface area contributed by atoms with Crippen molar-refractivity contribution in [2.45, 2.75) is 6.54 Å². The second-order valence-electron chi connectivity index (χ2n) is 6.90. The van der Waals surface area contributed by atoms with E-state index in [1.165, 1.54) is 18.3 Å². The summed E-state index contributed by atoms with van der Waals surface area (Å²) in [6, 6.07) is 15.4. The van der Waals surface area contributed by atoms with Gasteiger partial charge in [-0.2, -0.15) is 0 Å². The molecule has 4 aromatic rings. The highest BCUT2D eigenvalue weighted by Crippen LogP contribution is 2.26. The zero-order valence-corrected chi connectivity index (χ0v) is 16.4. The van der Waals surface area contributed by atoms with Gasteiger partial charge in [-0.15, -0.1) is 0 Å². The predicted molar refractivity (Wildman–Crippen MR) is 120 cm³/mol. The van der Waals surface area contributed by atoms with Gasteiger partial charge in [0.15, 0.2) is 11.5 Å². The molecule has 0 unspecified atom stereocenters. The highest BCUT2D eigenvalue weighted by atomic mass is 16.3. The number of hydrogen-bond donors (Lipinski definition) is 4. The van der Waals surface area contributed by atoms with Gasteiger partial charge in [0.2, 0.25) is 5.88 Å². The summed E-state index contributed by atoms with van der Waals surface area (Å²) < 4.78 is 0. The SMILES string of the molecule is O=c1[nH]c(O)c(C=NCc2ccc(O)c(O)c2)c2cc(C=Cc3ccccn3)ccc12. The Bertz CT molecular complexity index is 1360. The first-order chi connectivity index (χ1) is 15.0. The number of aromatic amines is 1. The topological polar surface area (TPSA) is 119 Å². The van der Waals surface area contributed by atoms with Crippen molar-refractivity contribution in [3.8, 4) is 17.4 Å². The van der Waals surface area contributed by atoms with Crippen molar-refractivity contribution in [3.05, 3.63) is 93.5 Å². The smallest absolute Gasteiger partial charge is 0.258 e. The van der Waals surface area contributed by atoms with E-state index in [-0.39, 0.29) is 23.9 Å². The zero-order chi connectivity index (χ0) is 21.8. The van der Waals surface area contributed by atoms with Gasteiger partial charge in [-0.05, 0) is 53.6 Å². The normalized spacial score (nSPS) is 11.6. The average molecular weight is 413 g/mol. The summed E-state index contributed by atoms with van der Waals surface area (Å²) in [6.07, 6.45) is 6.92. The number of aliphatic imine (C=N–C) groups is 1. The Balaban J connectivity index is 1.68. The first kappa shape index (κ1) is 19.9. The van der Waals surface area contributed by atoms with E-state index in [0.29, 0.717) is 21.9 Å². The van der Waals surface area contributed by atoms with Crippen molar-refractivity contribution in [1.82, 2.24) is 9.97 Å². The highest BCUT2D eigenvalue weighted by Gasteiger charge is 2.10. The van der Waals surface area contributed by atoms with E-state index >= 15 is 0 Å². The van der Waals surface area contributed by atoms with Crippen LogP contribution in [-0.2, 0) is 6.54 Å². The molecule has 0 atom stereocenters. The molecule has 7 nitrogen and oxygen atoms in total. The van der Waals surface area contributed by atoms with E-state index in [2.05, 4.69) is 15.0 Å². The molecule has 2 aromatic carbocycles. The van der Waals surface area contributed by atoms with E-state index in [9.17, 15) is 20.1 Å². The van der Waals surface area contributed by atoms with Crippen LogP contribution in [0.3, 0.4) is 0 Å². The molecule has 0 saturated heterocycles. The van der Waals surface area contributed by atoms with Gasteiger partial charge in [-0.3, -0.25) is 19.8 Å². The molecule has 4 rings (SSSR count). The van der Waals surface area contributed by atoms with E-state index in [0.717, 1.165) is 11.3 Å². The molecule has 0 aliphatic rings. The summed E-state index contributed by atoms with van der Waals surface area (Å²) in [6.45, 7) is 0.215. The Kier molecular flexibility index (Phi) is 5.49. The Morgan fingerprint density at radius 1 is 0.935 bits per heavy atom. The second-order valence-corrected chi connectivity index (χ2v) is 6.90. The van der Waals surface area contributed by atoms with Crippen molar-refractivity contribution in [2.24, 2.45) is 4.99 Å². The fourth-order valence-corrected chi connectivity index (χ4v) is 3.15. The average Bonchev–Trinajstić information content (AvgIpc) is 2.77. The molecule has 0 aliphatic carbocycles. The van der Waals surface area contributed by atoms with Gasteiger partial charge in [0.1, 0.15) is 0 Å². The fourth-order valence-electron chi connectivity index (χ4n) is 3.15. The van der Waals surface area contributed by atoms with E-state index < -0.39 is 5.56 Å². The number of pyridine rings is 2. The molecule has 4 N–H and O–H groups in total. The minimum absolute atomic E-state index is 0.205. The lowest BCUT2D eigenvalue weighted by atomic mass is 10.0. The van der Waals surface area contributed by atoms with Crippen LogP contribution < -0.4 is 5.56 Å². The number of nitrogens with one attached hydrogen (secondary N) is 1. The molecule has 2 heterocycles. The molecule has 0 amide bonds. The maximum Gasteiger partial charge on any atom is 0.258 e. The Hall–Kier alpha value is -4.39. The summed E-state index contributed by atoms with van der Waals surface area (Å²) in [5, 5.41) is 30.3. The summed E-state index contributed by atoms with van der Waals surface area (Å²) in [5.41, 5.74) is 2.30. The first-order valence-electron chi connectivity index (χ1n) is 9.50. The molecule has 154 valence electrons. The number of phenols is 2. The number of hydrogen-bond acceptors (Lipinski definition) is 6. The maximum absolute atomic E-state index is 12.3. The molecule has 31 heavy (non-hydrogen) atoms. The molecule has 7 heteroatoms. The minimum atomic E-state index is -0.395. The highest BCUT2D eigenvalue weighted by molar-refractivity contribution is 6.02. The van der Waals surface area contributed by atoms with Gasteiger partial charge >= 0.3 is 0 Å². The van der Waals surface area contributed by atoms with Crippen LogP contribution in [0.25, 0.3) is 22.9 Å². The van der Waals surface area contributed by atoms with Crippen molar-refractivity contribution >= 4 is 29.1 Å². The molecule has 0 radical (unpaired) electrons. The van der Waals surface area contributed by atoms with Gasteiger partial charge in [0.05, 0.1) is 17.8 Å². The van der Waals surface area contributed by atoms with Gasteiger partial charge in [0.25, 0.3) is 5.56 Å². The number of nitrogens with zero attached hydrogens (tertiary/aromatic N) is 2. The molecule has 0 bridgehead atoms. The van der Waals surface area contributed by atoms with Crippen molar-refractivity contribution in [3.63, 3.8) is 0 Å². The number of H-pyrrole nitrogens is 1. The monoisotopic (exact) mass is 413 g/mol. The molecule has 0 saturated carbocycles. The number of phenolic OH excluding ortho intramolecular Hbond substituents is 2. The quantitative estimate of drug-likeness (QED) is 0.293. The van der Waals surface area contributed by atoms with E-state index in [1.807, 2.05) is 36.4 Å². The third-order valence-electron chi connectivity index (χ3n) is 4.73. The molecule has 0 spiro atoms. The standard InChI is InChI=1S/C24H19N3O4/c28-21-9-6-16(12-22(21)29)13-25-14-20-19-11-15(4-7-17-3-1-2-10-26-17)5-8-18(19)23(30)27-24(20)31/h1-12,14,28-29H,13H2,(H2,27,30,31). The van der Waals surface area contributed by atoms with Gasteiger partial charge in [0, 0.05) is 23.2 Å². The third kappa shape index (κ3) is 4.45. The number of aromatic nitrogens is 2. The third-order valence-corrected chi connectivity index (χ3v) is 4.73. The lowest BCUT2D eigenvalue weighted by Crippen LogP contribution is -2.08. The van der Waals surface area contributed by atoms with Gasteiger partial charge in [-0.25, -0.2) is 0 Å².